The van der Waals surface area contributed by atoms with Crippen molar-refractivity contribution in [3.63, 3.8) is 0 Å². The molecule has 0 aromatic heterocycles. The number of halogens is 1. The van der Waals surface area contributed by atoms with Crippen LogP contribution in [0.25, 0.3) is 0 Å². The van der Waals surface area contributed by atoms with E-state index in [0.29, 0.717) is 0 Å². The van der Waals surface area contributed by atoms with Gasteiger partial charge in [-0.3, -0.25) is 9.69 Å². The molecule has 1 aliphatic heterocycles. The van der Waals surface area contributed by atoms with E-state index >= 15 is 0 Å². The minimum atomic E-state index is 0.172. The number of hydrogen-bond donors (Lipinski definition) is 0. The number of carbonyl (C=O) groups excluding carboxylic acids is 1. The van der Waals surface area contributed by atoms with Crippen molar-refractivity contribution in [2.75, 3.05) is 26.2 Å². The van der Waals surface area contributed by atoms with E-state index in [2.05, 4.69) is 25.7 Å². The first-order valence-electron chi connectivity index (χ1n) is 4.61. The van der Waals surface area contributed by atoms with Gasteiger partial charge in [0.25, 0.3) is 3.91 Å². The monoisotopic (exact) mass is 296 g/mol. The molecule has 76 valence electrons. The fraction of sp³-hybridized carbons (Fsp3) is 0.889. The molecule has 0 radical (unpaired) electrons. The second kappa shape index (κ2) is 4.13. The summed E-state index contributed by atoms with van der Waals surface area (Å²) in [5.41, 5.74) is 0.237. The maximum absolute atomic E-state index is 11.0. The maximum Gasteiger partial charge on any atom is 0.283 e. The Morgan fingerprint density at radius 3 is 1.92 bits per heavy atom. The van der Waals surface area contributed by atoms with Gasteiger partial charge in [0.1, 0.15) is 0 Å². The van der Waals surface area contributed by atoms with Crippen LogP contribution < -0.4 is 0 Å². The van der Waals surface area contributed by atoms with Crippen molar-refractivity contribution in [2.24, 2.45) is 0 Å². The summed E-state index contributed by atoms with van der Waals surface area (Å²) in [6, 6.07) is 0. The molecule has 0 aromatic rings. The number of piperazine rings is 1. The molecule has 3 nitrogen and oxygen atoms in total. The maximum atomic E-state index is 11.0. The van der Waals surface area contributed by atoms with Crippen molar-refractivity contribution in [3.05, 3.63) is 0 Å². The minimum absolute atomic E-state index is 0.172. The van der Waals surface area contributed by atoms with Gasteiger partial charge in [-0.25, -0.2) is 0 Å². The van der Waals surface area contributed by atoms with Crippen LogP contribution >= 0.6 is 22.6 Å². The molecule has 0 N–H and O–H groups in total. The summed E-state index contributed by atoms with van der Waals surface area (Å²) in [5.74, 6) is 0. The van der Waals surface area contributed by atoms with E-state index in [9.17, 15) is 4.79 Å². The SMILES string of the molecule is CC(C)(C)N1CCN(C(=O)I)CC1. The molecule has 0 spiro atoms. The van der Waals surface area contributed by atoms with Crippen molar-refractivity contribution in [1.29, 1.82) is 0 Å². The molecule has 1 rings (SSSR count). The van der Waals surface area contributed by atoms with Gasteiger partial charge < -0.3 is 4.90 Å². The highest BCUT2D eigenvalue weighted by Gasteiger charge is 2.26. The van der Waals surface area contributed by atoms with Crippen molar-refractivity contribution in [1.82, 2.24) is 9.80 Å². The number of hydrogen-bond acceptors (Lipinski definition) is 2. The topological polar surface area (TPSA) is 23.6 Å². The van der Waals surface area contributed by atoms with Crippen LogP contribution in [0.15, 0.2) is 0 Å². The van der Waals surface area contributed by atoms with Crippen LogP contribution in [-0.4, -0.2) is 45.4 Å². The average molecular weight is 296 g/mol. The highest BCUT2D eigenvalue weighted by molar-refractivity contribution is 14.1. The van der Waals surface area contributed by atoms with E-state index in [1.165, 1.54) is 0 Å². The smallest absolute Gasteiger partial charge is 0.283 e. The Morgan fingerprint density at radius 1 is 1.15 bits per heavy atom. The third kappa shape index (κ3) is 3.09. The lowest BCUT2D eigenvalue weighted by molar-refractivity contribution is 0.0808. The molecule has 13 heavy (non-hydrogen) atoms. The minimum Gasteiger partial charge on any atom is -0.332 e. The highest BCUT2D eigenvalue weighted by Crippen LogP contribution is 2.16. The van der Waals surface area contributed by atoms with Gasteiger partial charge >= 0.3 is 0 Å². The Bertz CT molecular complexity index is 192. The predicted molar refractivity (Wildman–Crippen MR) is 62.3 cm³/mol. The van der Waals surface area contributed by atoms with E-state index in [4.69, 9.17) is 0 Å². The fourth-order valence-corrected chi connectivity index (χ4v) is 2.04. The number of amides is 1. The Kier molecular flexibility index (Phi) is 3.57. The lowest BCUT2D eigenvalue weighted by atomic mass is 10.1. The Hall–Kier alpha value is 0.160. The van der Waals surface area contributed by atoms with Crippen LogP contribution in [0.3, 0.4) is 0 Å². The van der Waals surface area contributed by atoms with E-state index in [1.807, 2.05) is 27.5 Å². The molecule has 0 unspecified atom stereocenters. The number of carbonyl (C=O) groups is 1. The van der Waals surface area contributed by atoms with Crippen LogP contribution in [0.2, 0.25) is 0 Å². The summed E-state index contributed by atoms with van der Waals surface area (Å²) < 4.78 is 0.172. The normalized spacial score (nSPS) is 20.5. The number of rotatable bonds is 0. The van der Waals surface area contributed by atoms with Gasteiger partial charge in [0, 0.05) is 54.3 Å². The molecule has 1 fully saturated rings. The lowest BCUT2D eigenvalue weighted by Crippen LogP contribution is -2.53. The summed E-state index contributed by atoms with van der Waals surface area (Å²) in [5, 5.41) is 0. The molecule has 0 atom stereocenters. The van der Waals surface area contributed by atoms with Crippen molar-refractivity contribution in [2.45, 2.75) is 26.3 Å². The molecule has 1 aliphatic rings. The molecule has 0 aromatic carbocycles. The van der Waals surface area contributed by atoms with Gasteiger partial charge in [-0.1, -0.05) is 0 Å². The molecular formula is C9H17IN2O. The zero-order valence-corrected chi connectivity index (χ0v) is 10.7. The molecule has 1 saturated heterocycles. The molecule has 0 aliphatic carbocycles. The summed E-state index contributed by atoms with van der Waals surface area (Å²) >= 11 is 1.86. The van der Waals surface area contributed by atoms with Gasteiger partial charge in [-0.2, -0.15) is 0 Å². The first kappa shape index (κ1) is 11.2. The summed E-state index contributed by atoms with van der Waals surface area (Å²) in [7, 11) is 0. The summed E-state index contributed by atoms with van der Waals surface area (Å²) in [4.78, 5) is 15.4. The molecule has 0 saturated carbocycles. The van der Waals surface area contributed by atoms with Crippen molar-refractivity contribution >= 4 is 26.5 Å². The first-order valence-corrected chi connectivity index (χ1v) is 5.68. The molecule has 1 amide bonds. The van der Waals surface area contributed by atoms with Crippen molar-refractivity contribution in [3.8, 4) is 0 Å². The zero-order valence-electron chi connectivity index (χ0n) is 8.51. The van der Waals surface area contributed by atoms with Crippen LogP contribution in [0.5, 0.6) is 0 Å². The van der Waals surface area contributed by atoms with Gasteiger partial charge in [-0.05, 0) is 20.8 Å². The van der Waals surface area contributed by atoms with Crippen LogP contribution in [0, 0.1) is 0 Å². The number of nitrogens with zero attached hydrogens (tertiary/aromatic N) is 2. The van der Waals surface area contributed by atoms with Crippen LogP contribution in [0.4, 0.5) is 4.79 Å². The molecular weight excluding hydrogens is 279 g/mol. The van der Waals surface area contributed by atoms with E-state index in [0.717, 1.165) is 26.2 Å². The summed E-state index contributed by atoms with van der Waals surface area (Å²) in [6.07, 6.45) is 0. The van der Waals surface area contributed by atoms with Crippen LogP contribution in [0.1, 0.15) is 20.8 Å². The lowest BCUT2D eigenvalue weighted by Gasteiger charge is -2.41. The third-order valence-electron chi connectivity index (χ3n) is 2.48. The quantitative estimate of drug-likeness (QED) is 0.387. The molecule has 1 heterocycles. The van der Waals surface area contributed by atoms with Crippen LogP contribution in [-0.2, 0) is 0 Å². The van der Waals surface area contributed by atoms with Gasteiger partial charge in [0.15, 0.2) is 0 Å². The zero-order chi connectivity index (χ0) is 10.1. The second-order valence-corrected chi connectivity index (χ2v) is 5.32. The fourth-order valence-electron chi connectivity index (χ4n) is 1.55. The molecule has 0 bridgehead atoms. The Morgan fingerprint density at radius 2 is 1.62 bits per heavy atom. The van der Waals surface area contributed by atoms with E-state index in [1.54, 1.807) is 0 Å². The van der Waals surface area contributed by atoms with E-state index < -0.39 is 0 Å². The molecule has 4 heteroatoms. The Balaban J connectivity index is 2.44. The largest absolute Gasteiger partial charge is 0.332 e. The van der Waals surface area contributed by atoms with Gasteiger partial charge in [0.05, 0.1) is 0 Å². The highest BCUT2D eigenvalue weighted by atomic mass is 127. The second-order valence-electron chi connectivity index (χ2n) is 4.40. The average Bonchev–Trinajstić information content (AvgIpc) is 2.03. The standard InChI is InChI=1S/C9H17IN2O/c1-9(2,3)12-6-4-11(5-7-12)8(10)13/h4-7H2,1-3H3. The Labute approximate surface area is 93.6 Å². The van der Waals surface area contributed by atoms with E-state index in [-0.39, 0.29) is 9.45 Å². The first-order chi connectivity index (χ1) is 5.91. The predicted octanol–water partition coefficient (Wildman–Crippen LogP) is 1.96. The van der Waals surface area contributed by atoms with Gasteiger partial charge in [0.2, 0.25) is 0 Å². The van der Waals surface area contributed by atoms with Gasteiger partial charge in [-0.15, -0.1) is 0 Å². The van der Waals surface area contributed by atoms with Crippen molar-refractivity contribution < 1.29 is 4.79 Å². The summed E-state index contributed by atoms with van der Waals surface area (Å²) in [6.45, 7) is 10.4. The third-order valence-corrected chi connectivity index (χ3v) is 3.16.